The highest BCUT2D eigenvalue weighted by Gasteiger charge is 2.19. The number of aromatic amines is 2. The molecule has 21 nitrogen and oxygen atoms in total. The molecule has 8 aromatic carbocycles. The van der Waals surface area contributed by atoms with E-state index in [9.17, 15) is 22.8 Å². The molecule has 0 radical (unpaired) electrons. The number of benzene rings is 8. The summed E-state index contributed by atoms with van der Waals surface area (Å²) in [5.41, 5.74) is 13.7. The van der Waals surface area contributed by atoms with Crippen molar-refractivity contribution in [1.82, 2.24) is 60.1 Å². The van der Waals surface area contributed by atoms with Gasteiger partial charge >= 0.3 is 0 Å². The molecule has 0 bridgehead atoms. The Kier molecular flexibility index (Phi) is 22.3. The molecule has 25 heteroatoms. The standard InChI is InChI=1S/C27H22N6O3S2.C25H19N5OS.C23H23N5OS/c34-27(21-6-4-5-20(17-21)19-37-26-18-28-15-16-29-26)31-22-9-11-24(12-10-22)38(35,36)32-25-13-14-30-33(25)23-7-2-1-3-8-23;31-24(29-21-11-5-9-19(13-21)18-7-2-1-3-8-18)20-10-4-6-17(12-20)15-32-25-22-14-28-30-23(22)26-16-27-25;1-14(2)19-8-7-18(9-15(19)3)27-22(29)17-6-4-5-16(10-17)12-30-23-20-11-26-28-21(20)24-13-25-23/h1-18,32H,19H2,(H,31,34);1-14,16H,15H2,(H,29,31)(H,26,27,28,30);4-11,13-14H,12H2,1-3H3,(H,27,29)(H,24,25,26,28). The van der Waals surface area contributed by atoms with Gasteiger partial charge in [0.05, 0.1) is 46.1 Å². The molecule has 0 spiro atoms. The molecule has 0 aliphatic heterocycles. The number of sulfonamides is 1. The van der Waals surface area contributed by atoms with E-state index in [2.05, 4.69) is 115 Å². The summed E-state index contributed by atoms with van der Waals surface area (Å²) in [5.74, 6) is 2.24. The highest BCUT2D eigenvalue weighted by atomic mass is 32.2. The van der Waals surface area contributed by atoms with Crippen LogP contribution in [0.15, 0.2) is 276 Å². The predicted molar refractivity (Wildman–Crippen MR) is 395 cm³/mol. The summed E-state index contributed by atoms with van der Waals surface area (Å²) in [6.45, 7) is 6.42. The fourth-order valence-electron chi connectivity index (χ4n) is 10.4. The Labute approximate surface area is 589 Å². The SMILES string of the molecule is Cc1cc(NC(=O)c2cccc(CSc3ncnc4[nH]ncc34)c2)ccc1C(C)C.O=C(Nc1ccc(S(=O)(=O)Nc2ccnn2-c2ccccc2)cc1)c1cccc(CSc2cnccn2)c1.O=C(Nc1cccc(-c2ccccc2)c1)c1cccc(CSc2ncnc3[nH]ncc23)c1. The maximum Gasteiger partial charge on any atom is 0.263 e. The number of nitrogens with zero attached hydrogens (tertiary/aromatic N) is 10. The van der Waals surface area contributed by atoms with Gasteiger partial charge in [0.15, 0.2) is 11.3 Å². The molecule has 0 atom stereocenters. The molecule has 0 aliphatic carbocycles. The van der Waals surface area contributed by atoms with Gasteiger partial charge in [-0.15, -0.1) is 35.3 Å². The van der Waals surface area contributed by atoms with Crippen molar-refractivity contribution in [3.63, 3.8) is 0 Å². The van der Waals surface area contributed by atoms with Crippen molar-refractivity contribution in [2.24, 2.45) is 0 Å². The van der Waals surface area contributed by atoms with E-state index in [1.807, 2.05) is 152 Å². The zero-order valence-corrected chi connectivity index (χ0v) is 57.4. The molecule has 14 aromatic rings. The lowest BCUT2D eigenvalue weighted by molar-refractivity contribution is 0.101. The number of fused-ring (bicyclic) bond motifs is 2. The van der Waals surface area contributed by atoms with Crippen molar-refractivity contribution in [3.05, 3.63) is 301 Å². The van der Waals surface area contributed by atoms with Crippen LogP contribution in [0.3, 0.4) is 0 Å². The summed E-state index contributed by atoms with van der Waals surface area (Å²) in [6, 6.07) is 63.4. The molecular weight excluding hydrogens is 1330 g/mol. The number of hydrogen-bond acceptors (Lipinski definition) is 17. The topological polar surface area (TPSA) is 286 Å². The van der Waals surface area contributed by atoms with Gasteiger partial charge in [0.1, 0.15) is 33.6 Å². The first kappa shape index (κ1) is 68.3. The lowest BCUT2D eigenvalue weighted by atomic mass is 9.97. The Balaban J connectivity index is 0.000000143. The van der Waals surface area contributed by atoms with Gasteiger partial charge in [0.25, 0.3) is 27.7 Å². The third-order valence-corrected chi connectivity index (χ3v) is 19.9. The third-order valence-electron chi connectivity index (χ3n) is 15.3. The second kappa shape index (κ2) is 32.6. The Morgan fingerprint density at radius 1 is 0.490 bits per heavy atom. The first-order valence-corrected chi connectivity index (χ1v) is 35.8. The van der Waals surface area contributed by atoms with Crippen LogP contribution in [0.4, 0.5) is 22.9 Å². The van der Waals surface area contributed by atoms with Crippen LogP contribution in [0.2, 0.25) is 0 Å². The lowest BCUT2D eigenvalue weighted by Gasteiger charge is -2.12. The second-order valence-electron chi connectivity index (χ2n) is 22.8. The lowest BCUT2D eigenvalue weighted by Crippen LogP contribution is -2.16. The van der Waals surface area contributed by atoms with Crippen molar-refractivity contribution in [1.29, 1.82) is 0 Å². The number of para-hydroxylation sites is 1. The number of H-pyrrole nitrogens is 2. The van der Waals surface area contributed by atoms with E-state index in [-0.39, 0.29) is 22.6 Å². The smallest absolute Gasteiger partial charge is 0.263 e. The summed E-state index contributed by atoms with van der Waals surface area (Å²) in [6.07, 6.45) is 13.0. The predicted octanol–water partition coefficient (Wildman–Crippen LogP) is 15.9. The number of amides is 3. The van der Waals surface area contributed by atoms with Crippen LogP contribution in [-0.4, -0.2) is 86.2 Å². The van der Waals surface area contributed by atoms with Crippen LogP contribution in [0.5, 0.6) is 0 Å². The van der Waals surface area contributed by atoms with Crippen LogP contribution in [0.1, 0.15) is 78.7 Å². The molecular formula is C75H64N16O5S4. The van der Waals surface area contributed by atoms with Crippen molar-refractivity contribution in [3.8, 4) is 16.8 Å². The van der Waals surface area contributed by atoms with Crippen LogP contribution in [-0.2, 0) is 27.3 Å². The van der Waals surface area contributed by atoms with Crippen molar-refractivity contribution in [2.45, 2.75) is 63.9 Å². The summed E-state index contributed by atoms with van der Waals surface area (Å²) in [7, 11) is -3.88. The number of nitrogens with one attached hydrogen (secondary N) is 6. The number of carbonyl (C=O) groups is 3. The number of aromatic nitrogens is 12. The van der Waals surface area contributed by atoms with Crippen molar-refractivity contribution >= 4 is 108 Å². The van der Waals surface area contributed by atoms with Gasteiger partial charge in [0, 0.05) is 69.5 Å². The Bertz CT molecular complexity index is 5260. The van der Waals surface area contributed by atoms with Gasteiger partial charge in [-0.05, 0) is 149 Å². The zero-order valence-electron chi connectivity index (χ0n) is 54.1. The van der Waals surface area contributed by atoms with E-state index in [1.165, 1.54) is 58.6 Å². The number of carbonyl (C=O) groups excluding carboxylic acids is 3. The van der Waals surface area contributed by atoms with Gasteiger partial charge < -0.3 is 16.0 Å². The van der Waals surface area contributed by atoms with E-state index < -0.39 is 10.0 Å². The number of hydrogen-bond donors (Lipinski definition) is 6. The quantitative estimate of drug-likeness (QED) is 0.0288. The van der Waals surface area contributed by atoms with Gasteiger partial charge in [0.2, 0.25) is 0 Å². The van der Waals surface area contributed by atoms with E-state index in [4.69, 9.17) is 0 Å². The summed E-state index contributed by atoms with van der Waals surface area (Å²) >= 11 is 4.71. The highest BCUT2D eigenvalue weighted by molar-refractivity contribution is 7.99. The van der Waals surface area contributed by atoms with Crippen LogP contribution in [0.25, 0.3) is 38.9 Å². The first-order valence-electron chi connectivity index (χ1n) is 31.4. The minimum absolute atomic E-state index is 0.0549. The molecule has 6 heterocycles. The zero-order chi connectivity index (χ0) is 69.2. The average Bonchev–Trinajstić information content (AvgIpc) is 1.50. The van der Waals surface area contributed by atoms with Crippen molar-refractivity contribution in [2.75, 3.05) is 20.7 Å². The first-order chi connectivity index (χ1) is 48.7. The molecule has 6 N–H and O–H groups in total. The number of anilines is 4. The van der Waals surface area contributed by atoms with Crippen LogP contribution >= 0.6 is 35.3 Å². The monoisotopic (exact) mass is 1400 g/mol. The Hall–Kier alpha value is -11.6. The molecule has 14 rings (SSSR count). The Morgan fingerprint density at radius 3 is 1.56 bits per heavy atom. The largest absolute Gasteiger partial charge is 0.322 e. The van der Waals surface area contributed by atoms with Gasteiger partial charge in [-0.25, -0.2) is 38.0 Å². The molecule has 498 valence electrons. The molecule has 100 heavy (non-hydrogen) atoms. The van der Waals surface area contributed by atoms with Gasteiger partial charge in [-0.2, -0.15) is 15.3 Å². The number of thioether (sulfide) groups is 3. The maximum absolute atomic E-state index is 13.0. The maximum atomic E-state index is 13.0. The molecule has 0 aliphatic rings. The molecule has 6 aromatic heterocycles. The minimum atomic E-state index is -3.88. The average molecular weight is 1400 g/mol. The third kappa shape index (κ3) is 17.9. The fourth-order valence-corrected chi connectivity index (χ4v) is 14.1. The van der Waals surface area contributed by atoms with Crippen LogP contribution in [0, 0.1) is 6.92 Å². The second-order valence-corrected chi connectivity index (χ2v) is 27.4. The van der Waals surface area contributed by atoms with E-state index in [1.54, 1.807) is 78.8 Å². The summed E-state index contributed by atoms with van der Waals surface area (Å²) in [4.78, 5) is 63.8. The van der Waals surface area contributed by atoms with E-state index in [0.29, 0.717) is 57.0 Å². The van der Waals surface area contributed by atoms with Gasteiger partial charge in [-0.3, -0.25) is 34.3 Å². The van der Waals surface area contributed by atoms with E-state index in [0.717, 1.165) is 76.4 Å². The molecule has 0 unspecified atom stereocenters. The van der Waals surface area contributed by atoms with Gasteiger partial charge in [-0.1, -0.05) is 117 Å². The molecule has 0 fully saturated rings. The molecule has 0 saturated heterocycles. The molecule has 0 saturated carbocycles. The minimum Gasteiger partial charge on any atom is -0.322 e. The number of aryl methyl sites for hydroxylation is 1. The number of rotatable bonds is 21. The summed E-state index contributed by atoms with van der Waals surface area (Å²) < 4.78 is 30.1. The van der Waals surface area contributed by atoms with Crippen LogP contribution < -0.4 is 20.7 Å². The summed E-state index contributed by atoms with van der Waals surface area (Å²) in [5, 5.41) is 31.1. The van der Waals surface area contributed by atoms with E-state index >= 15 is 0 Å². The van der Waals surface area contributed by atoms with Crippen molar-refractivity contribution < 1.29 is 22.8 Å². The Morgan fingerprint density at radius 2 is 1.01 bits per heavy atom. The fraction of sp³-hybridized carbons (Fsp3) is 0.0933. The normalized spacial score (nSPS) is 11.1. The highest BCUT2D eigenvalue weighted by Crippen LogP contribution is 2.31. The molecule has 3 amide bonds.